The molecule has 2 rings (SSSR count). The van der Waals surface area contributed by atoms with E-state index in [4.69, 9.17) is 0 Å². The van der Waals surface area contributed by atoms with Crippen LogP contribution in [-0.2, 0) is 6.54 Å². The summed E-state index contributed by atoms with van der Waals surface area (Å²) in [6.07, 6.45) is 2.71. The quantitative estimate of drug-likeness (QED) is 0.473. The van der Waals surface area contributed by atoms with Crippen molar-refractivity contribution in [2.75, 3.05) is 13.1 Å². The summed E-state index contributed by atoms with van der Waals surface area (Å²) < 4.78 is 0. The second-order valence-corrected chi connectivity index (χ2v) is 4.79. The predicted molar refractivity (Wildman–Crippen MR) is 89.9 cm³/mol. The molecule has 0 amide bonds. The predicted octanol–water partition coefficient (Wildman–Crippen LogP) is 2.47. The maximum atomic E-state index is 4.56. The van der Waals surface area contributed by atoms with Crippen LogP contribution in [0.4, 0.5) is 0 Å². The van der Waals surface area contributed by atoms with E-state index in [2.05, 4.69) is 27.5 Å². The van der Waals surface area contributed by atoms with Gasteiger partial charge in [-0.2, -0.15) is 0 Å². The minimum Gasteiger partial charge on any atom is -0.357 e. The molecule has 2 N–H and O–H groups in total. The summed E-state index contributed by atoms with van der Waals surface area (Å²) in [5.74, 6) is 1.75. The number of aliphatic imine (C=N–C) groups is 1. The van der Waals surface area contributed by atoms with Gasteiger partial charge >= 0.3 is 0 Å². The third kappa shape index (κ3) is 6.22. The van der Waals surface area contributed by atoms with Crippen LogP contribution in [0.5, 0.6) is 0 Å². The molecule has 1 aliphatic carbocycles. The molecule has 1 heterocycles. The van der Waals surface area contributed by atoms with Crippen molar-refractivity contribution in [3.05, 3.63) is 29.6 Å². The van der Waals surface area contributed by atoms with Crippen LogP contribution in [0.1, 0.15) is 31.2 Å². The van der Waals surface area contributed by atoms with Gasteiger partial charge in [0.2, 0.25) is 0 Å². The number of aromatic nitrogens is 1. The van der Waals surface area contributed by atoms with E-state index < -0.39 is 0 Å². The monoisotopic (exact) mass is 374 g/mol. The molecule has 0 radical (unpaired) electrons. The summed E-state index contributed by atoms with van der Waals surface area (Å²) in [4.78, 5) is 9.01. The SMILES string of the molecule is CCNC(=NCc1cccc(C)n1)NCC1CC1.I. The number of nitrogens with zero attached hydrogens (tertiary/aromatic N) is 2. The number of hydrogen-bond donors (Lipinski definition) is 2. The summed E-state index contributed by atoms with van der Waals surface area (Å²) in [5.41, 5.74) is 2.05. The Morgan fingerprint density at radius 3 is 2.79 bits per heavy atom. The number of guanidine groups is 1. The molecule has 4 nitrogen and oxygen atoms in total. The highest BCUT2D eigenvalue weighted by atomic mass is 127. The number of rotatable bonds is 5. The minimum atomic E-state index is 0. The lowest BCUT2D eigenvalue weighted by molar-refractivity contribution is 0.738. The first-order valence-corrected chi connectivity index (χ1v) is 6.72. The van der Waals surface area contributed by atoms with Crippen molar-refractivity contribution in [2.45, 2.75) is 33.2 Å². The fourth-order valence-electron chi connectivity index (χ4n) is 1.75. The maximum Gasteiger partial charge on any atom is 0.191 e. The van der Waals surface area contributed by atoms with Crippen molar-refractivity contribution in [3.63, 3.8) is 0 Å². The Morgan fingerprint density at radius 2 is 2.16 bits per heavy atom. The molecule has 5 heteroatoms. The second kappa shape index (κ2) is 8.35. The van der Waals surface area contributed by atoms with Crippen LogP contribution < -0.4 is 10.6 Å². The van der Waals surface area contributed by atoms with Gasteiger partial charge in [-0.05, 0) is 44.7 Å². The summed E-state index contributed by atoms with van der Waals surface area (Å²) in [6.45, 7) is 6.63. The molecule has 1 fully saturated rings. The van der Waals surface area contributed by atoms with Crippen molar-refractivity contribution >= 4 is 29.9 Å². The van der Waals surface area contributed by atoms with Gasteiger partial charge in [0.15, 0.2) is 5.96 Å². The van der Waals surface area contributed by atoms with Gasteiger partial charge in [0, 0.05) is 18.8 Å². The molecular weight excluding hydrogens is 351 g/mol. The minimum absolute atomic E-state index is 0. The first-order chi connectivity index (χ1) is 8.78. The van der Waals surface area contributed by atoms with Gasteiger partial charge in [-0.15, -0.1) is 24.0 Å². The summed E-state index contributed by atoms with van der Waals surface area (Å²) in [5, 5.41) is 6.64. The number of pyridine rings is 1. The lowest BCUT2D eigenvalue weighted by Crippen LogP contribution is -2.38. The standard InChI is InChI=1S/C14H22N4.HI/c1-3-15-14(16-9-12-7-8-12)17-10-13-6-4-5-11(2)18-13;/h4-6,12H,3,7-10H2,1-2H3,(H2,15,16,17);1H. The van der Waals surface area contributed by atoms with Crippen molar-refractivity contribution in [1.29, 1.82) is 0 Å². The van der Waals surface area contributed by atoms with Gasteiger partial charge in [0.25, 0.3) is 0 Å². The molecule has 1 aromatic rings. The first kappa shape index (κ1) is 16.2. The number of hydrogen-bond acceptors (Lipinski definition) is 2. The van der Waals surface area contributed by atoms with E-state index >= 15 is 0 Å². The zero-order valence-corrected chi connectivity index (χ0v) is 14.0. The molecular formula is C14H23IN4. The average Bonchev–Trinajstić information content (AvgIpc) is 3.17. The van der Waals surface area contributed by atoms with Crippen LogP contribution >= 0.6 is 24.0 Å². The Morgan fingerprint density at radius 1 is 1.37 bits per heavy atom. The largest absolute Gasteiger partial charge is 0.357 e. The first-order valence-electron chi connectivity index (χ1n) is 6.72. The summed E-state index contributed by atoms with van der Waals surface area (Å²) >= 11 is 0. The van der Waals surface area contributed by atoms with E-state index in [1.807, 2.05) is 25.1 Å². The Bertz CT molecular complexity index is 416. The van der Waals surface area contributed by atoms with Crippen LogP contribution in [0.2, 0.25) is 0 Å². The molecule has 106 valence electrons. The zero-order valence-electron chi connectivity index (χ0n) is 11.6. The van der Waals surface area contributed by atoms with Gasteiger partial charge in [-0.3, -0.25) is 4.98 Å². The molecule has 0 unspecified atom stereocenters. The summed E-state index contributed by atoms with van der Waals surface area (Å²) in [7, 11) is 0. The highest BCUT2D eigenvalue weighted by Gasteiger charge is 2.20. The van der Waals surface area contributed by atoms with Crippen molar-refractivity contribution < 1.29 is 0 Å². The van der Waals surface area contributed by atoms with Crippen LogP contribution in [0.3, 0.4) is 0 Å². The summed E-state index contributed by atoms with van der Waals surface area (Å²) in [6, 6.07) is 6.04. The molecule has 1 saturated carbocycles. The maximum absolute atomic E-state index is 4.56. The number of aryl methyl sites for hydroxylation is 1. The lowest BCUT2D eigenvalue weighted by Gasteiger charge is -2.10. The Hall–Kier alpha value is -0.850. The third-order valence-corrected chi connectivity index (χ3v) is 2.94. The normalized spacial score (nSPS) is 14.7. The van der Waals surface area contributed by atoms with Gasteiger partial charge in [0.1, 0.15) is 0 Å². The van der Waals surface area contributed by atoms with E-state index in [1.54, 1.807) is 0 Å². The van der Waals surface area contributed by atoms with Crippen molar-refractivity contribution in [1.82, 2.24) is 15.6 Å². The highest BCUT2D eigenvalue weighted by Crippen LogP contribution is 2.27. The van der Waals surface area contributed by atoms with E-state index in [-0.39, 0.29) is 24.0 Å². The topological polar surface area (TPSA) is 49.3 Å². The van der Waals surface area contributed by atoms with Crippen LogP contribution in [0.25, 0.3) is 0 Å². The molecule has 1 aliphatic rings. The second-order valence-electron chi connectivity index (χ2n) is 4.79. The van der Waals surface area contributed by atoms with E-state index in [0.29, 0.717) is 6.54 Å². The van der Waals surface area contributed by atoms with Crippen molar-refractivity contribution in [3.8, 4) is 0 Å². The third-order valence-electron chi connectivity index (χ3n) is 2.94. The van der Waals surface area contributed by atoms with Crippen LogP contribution in [0, 0.1) is 12.8 Å². The van der Waals surface area contributed by atoms with Crippen molar-refractivity contribution in [2.24, 2.45) is 10.9 Å². The van der Waals surface area contributed by atoms with E-state index in [1.165, 1.54) is 12.8 Å². The molecule has 0 aromatic carbocycles. The van der Waals surface area contributed by atoms with Crippen LogP contribution in [-0.4, -0.2) is 24.0 Å². The Labute approximate surface area is 132 Å². The molecule has 0 spiro atoms. The highest BCUT2D eigenvalue weighted by molar-refractivity contribution is 14.0. The van der Waals surface area contributed by atoms with Gasteiger partial charge in [-0.1, -0.05) is 6.07 Å². The molecule has 19 heavy (non-hydrogen) atoms. The average molecular weight is 374 g/mol. The molecule has 0 atom stereocenters. The molecule has 0 saturated heterocycles. The molecule has 0 aliphatic heterocycles. The van der Waals surface area contributed by atoms with E-state index in [9.17, 15) is 0 Å². The fraction of sp³-hybridized carbons (Fsp3) is 0.571. The Balaban J connectivity index is 0.00000180. The number of nitrogens with one attached hydrogen (secondary N) is 2. The van der Waals surface area contributed by atoms with Gasteiger partial charge in [0.05, 0.1) is 12.2 Å². The van der Waals surface area contributed by atoms with Gasteiger partial charge < -0.3 is 10.6 Å². The van der Waals surface area contributed by atoms with Crippen LogP contribution in [0.15, 0.2) is 23.2 Å². The fourth-order valence-corrected chi connectivity index (χ4v) is 1.75. The smallest absolute Gasteiger partial charge is 0.191 e. The zero-order chi connectivity index (χ0) is 12.8. The molecule has 1 aromatic heterocycles. The Kier molecular flexibility index (Phi) is 7.12. The van der Waals surface area contributed by atoms with E-state index in [0.717, 1.165) is 36.4 Å². The van der Waals surface area contributed by atoms with Gasteiger partial charge in [-0.25, -0.2) is 4.99 Å². The lowest BCUT2D eigenvalue weighted by atomic mass is 10.3. The molecule has 0 bridgehead atoms. The number of halogens is 1.